The van der Waals surface area contributed by atoms with E-state index in [-0.39, 0.29) is 0 Å². The van der Waals surface area contributed by atoms with E-state index in [4.69, 9.17) is 0 Å². The minimum atomic E-state index is 0.669. The second-order valence-corrected chi connectivity index (χ2v) is 4.23. The van der Waals surface area contributed by atoms with Crippen LogP contribution >= 0.6 is 0 Å². The molecule has 0 saturated carbocycles. The molecule has 11 heavy (non-hydrogen) atoms. The van der Waals surface area contributed by atoms with E-state index in [1.165, 1.54) is 6.42 Å². The van der Waals surface area contributed by atoms with Gasteiger partial charge in [0, 0.05) is 12.1 Å². The summed E-state index contributed by atoms with van der Waals surface area (Å²) >= 11 is 0. The smallest absolute Gasteiger partial charge is 0.0251 e. The number of hydrogen-bond donors (Lipinski definition) is 2. The van der Waals surface area contributed by atoms with Gasteiger partial charge in [-0.1, -0.05) is 27.7 Å². The normalized spacial score (nSPS) is 32.2. The van der Waals surface area contributed by atoms with Crippen LogP contribution in [0.4, 0.5) is 0 Å². The van der Waals surface area contributed by atoms with Gasteiger partial charge < -0.3 is 0 Å². The van der Waals surface area contributed by atoms with E-state index in [9.17, 15) is 0 Å². The first-order valence-electron chi connectivity index (χ1n) is 4.62. The summed E-state index contributed by atoms with van der Waals surface area (Å²) in [5.41, 5.74) is 6.67. The fraction of sp³-hybridized carbons (Fsp3) is 1.00. The quantitative estimate of drug-likeness (QED) is 0.633. The Morgan fingerprint density at radius 3 is 1.45 bits per heavy atom. The average Bonchev–Trinajstić information content (AvgIpc) is 2.33. The van der Waals surface area contributed by atoms with Gasteiger partial charge in [-0.2, -0.15) is 0 Å². The van der Waals surface area contributed by atoms with Crippen LogP contribution in [0.15, 0.2) is 0 Å². The van der Waals surface area contributed by atoms with Crippen molar-refractivity contribution in [2.45, 2.75) is 46.2 Å². The molecule has 1 heterocycles. The van der Waals surface area contributed by atoms with Crippen molar-refractivity contribution < 1.29 is 0 Å². The molecule has 0 aliphatic carbocycles. The van der Waals surface area contributed by atoms with E-state index in [2.05, 4.69) is 38.5 Å². The molecule has 0 aromatic rings. The second kappa shape index (κ2) is 3.55. The van der Waals surface area contributed by atoms with Gasteiger partial charge in [0.05, 0.1) is 0 Å². The van der Waals surface area contributed by atoms with E-state index in [1.54, 1.807) is 0 Å². The van der Waals surface area contributed by atoms with Crippen molar-refractivity contribution >= 4 is 0 Å². The molecule has 1 saturated heterocycles. The van der Waals surface area contributed by atoms with E-state index < -0.39 is 0 Å². The first kappa shape index (κ1) is 9.01. The third-order valence-corrected chi connectivity index (χ3v) is 2.57. The molecule has 0 aromatic heterocycles. The third-order valence-electron chi connectivity index (χ3n) is 2.57. The summed E-state index contributed by atoms with van der Waals surface area (Å²) in [7, 11) is 0. The van der Waals surface area contributed by atoms with E-state index in [1.807, 2.05) is 0 Å². The zero-order chi connectivity index (χ0) is 8.43. The largest absolute Gasteiger partial charge is 0.254 e. The molecule has 66 valence electrons. The Bertz CT molecular complexity index is 107. The highest BCUT2D eigenvalue weighted by Gasteiger charge is 2.27. The number of hydrazine groups is 1. The molecule has 2 unspecified atom stereocenters. The van der Waals surface area contributed by atoms with Crippen molar-refractivity contribution in [1.29, 1.82) is 0 Å². The van der Waals surface area contributed by atoms with E-state index in [0.29, 0.717) is 12.1 Å². The predicted octanol–water partition coefficient (Wildman–Crippen LogP) is 1.53. The number of nitrogens with one attached hydrogen (secondary N) is 2. The topological polar surface area (TPSA) is 24.1 Å². The molecule has 1 aliphatic rings. The number of hydrogen-bond acceptors (Lipinski definition) is 2. The zero-order valence-electron chi connectivity index (χ0n) is 8.02. The standard InChI is InChI=1S/C9H20N2/c1-6(2)8-5-9(7(3)4)11-10-8/h6-11H,5H2,1-4H3. The molecule has 0 bridgehead atoms. The highest BCUT2D eigenvalue weighted by atomic mass is 15.4. The Morgan fingerprint density at radius 1 is 0.909 bits per heavy atom. The molecule has 0 amide bonds. The van der Waals surface area contributed by atoms with Gasteiger partial charge in [-0.25, -0.2) is 0 Å². The van der Waals surface area contributed by atoms with Gasteiger partial charge in [0.2, 0.25) is 0 Å². The van der Waals surface area contributed by atoms with Crippen molar-refractivity contribution in [3.63, 3.8) is 0 Å². The maximum atomic E-state index is 3.34. The van der Waals surface area contributed by atoms with Crippen LogP contribution < -0.4 is 10.9 Å². The fourth-order valence-corrected chi connectivity index (χ4v) is 1.48. The Labute approximate surface area is 69.7 Å². The molecule has 2 nitrogen and oxygen atoms in total. The van der Waals surface area contributed by atoms with Gasteiger partial charge in [-0.15, -0.1) is 0 Å². The van der Waals surface area contributed by atoms with Gasteiger partial charge in [0.1, 0.15) is 0 Å². The lowest BCUT2D eigenvalue weighted by Crippen LogP contribution is -2.37. The van der Waals surface area contributed by atoms with Crippen molar-refractivity contribution in [2.24, 2.45) is 11.8 Å². The summed E-state index contributed by atoms with van der Waals surface area (Å²) in [6.45, 7) is 9.06. The van der Waals surface area contributed by atoms with Crippen molar-refractivity contribution in [1.82, 2.24) is 10.9 Å². The molecular weight excluding hydrogens is 136 g/mol. The average molecular weight is 156 g/mol. The monoisotopic (exact) mass is 156 g/mol. The Morgan fingerprint density at radius 2 is 1.27 bits per heavy atom. The molecular formula is C9H20N2. The molecule has 1 fully saturated rings. The van der Waals surface area contributed by atoms with Crippen molar-refractivity contribution in [3.05, 3.63) is 0 Å². The van der Waals surface area contributed by atoms with Crippen LogP contribution in [0, 0.1) is 11.8 Å². The summed E-state index contributed by atoms with van der Waals surface area (Å²) in [5.74, 6) is 1.48. The minimum absolute atomic E-state index is 0.669. The summed E-state index contributed by atoms with van der Waals surface area (Å²) < 4.78 is 0. The number of rotatable bonds is 2. The van der Waals surface area contributed by atoms with E-state index >= 15 is 0 Å². The summed E-state index contributed by atoms with van der Waals surface area (Å²) in [6, 6.07) is 1.34. The van der Waals surface area contributed by atoms with Crippen LogP contribution in [-0.4, -0.2) is 12.1 Å². The maximum absolute atomic E-state index is 3.34. The van der Waals surface area contributed by atoms with Crippen molar-refractivity contribution in [3.8, 4) is 0 Å². The third kappa shape index (κ3) is 2.17. The summed E-state index contributed by atoms with van der Waals surface area (Å²) in [5, 5.41) is 0. The minimum Gasteiger partial charge on any atom is -0.254 e. The Hall–Kier alpha value is -0.0800. The highest BCUT2D eigenvalue weighted by Crippen LogP contribution is 2.17. The first-order chi connectivity index (χ1) is 5.11. The van der Waals surface area contributed by atoms with E-state index in [0.717, 1.165) is 11.8 Å². The molecule has 2 N–H and O–H groups in total. The molecule has 2 heteroatoms. The fourth-order valence-electron chi connectivity index (χ4n) is 1.48. The van der Waals surface area contributed by atoms with Crippen LogP contribution in [0.1, 0.15) is 34.1 Å². The first-order valence-corrected chi connectivity index (χ1v) is 4.62. The maximum Gasteiger partial charge on any atom is 0.0251 e. The van der Waals surface area contributed by atoms with Crippen LogP contribution in [-0.2, 0) is 0 Å². The van der Waals surface area contributed by atoms with Gasteiger partial charge in [-0.05, 0) is 18.3 Å². The lowest BCUT2D eigenvalue weighted by Gasteiger charge is -2.14. The van der Waals surface area contributed by atoms with Crippen LogP contribution in [0.2, 0.25) is 0 Å². The van der Waals surface area contributed by atoms with Crippen LogP contribution in [0.5, 0.6) is 0 Å². The Kier molecular flexibility index (Phi) is 2.90. The Balaban J connectivity index is 2.35. The van der Waals surface area contributed by atoms with Crippen molar-refractivity contribution in [2.75, 3.05) is 0 Å². The van der Waals surface area contributed by atoms with Gasteiger partial charge in [-0.3, -0.25) is 10.9 Å². The molecule has 1 aliphatic heterocycles. The SMILES string of the molecule is CC(C)C1CC(C(C)C)NN1. The predicted molar refractivity (Wildman–Crippen MR) is 48.1 cm³/mol. The lowest BCUT2D eigenvalue weighted by atomic mass is 9.94. The highest BCUT2D eigenvalue weighted by molar-refractivity contribution is 4.84. The summed E-state index contributed by atoms with van der Waals surface area (Å²) in [4.78, 5) is 0. The van der Waals surface area contributed by atoms with Crippen LogP contribution in [0.3, 0.4) is 0 Å². The molecule has 0 radical (unpaired) electrons. The molecule has 0 aromatic carbocycles. The molecule has 0 spiro atoms. The molecule has 1 rings (SSSR count). The second-order valence-electron chi connectivity index (χ2n) is 4.23. The molecule has 2 atom stereocenters. The van der Waals surface area contributed by atoms with Gasteiger partial charge >= 0.3 is 0 Å². The van der Waals surface area contributed by atoms with Gasteiger partial charge in [0.15, 0.2) is 0 Å². The van der Waals surface area contributed by atoms with Crippen LogP contribution in [0.25, 0.3) is 0 Å². The lowest BCUT2D eigenvalue weighted by molar-refractivity contribution is 0.429. The van der Waals surface area contributed by atoms with Gasteiger partial charge in [0.25, 0.3) is 0 Å². The summed E-state index contributed by atoms with van der Waals surface area (Å²) in [6.07, 6.45) is 1.27. The zero-order valence-corrected chi connectivity index (χ0v) is 8.02.